The number of anilines is 1. The molecule has 0 spiro atoms. The van der Waals surface area contributed by atoms with Crippen molar-refractivity contribution in [3.63, 3.8) is 0 Å². The highest BCUT2D eigenvalue weighted by atomic mass is 19.1. The molecule has 114 valence electrons. The number of halogens is 2. The Morgan fingerprint density at radius 3 is 2.77 bits per heavy atom. The summed E-state index contributed by atoms with van der Waals surface area (Å²) in [5, 5.41) is 0. The topological polar surface area (TPSA) is 29.5 Å². The summed E-state index contributed by atoms with van der Waals surface area (Å²) >= 11 is 0. The third-order valence-corrected chi connectivity index (χ3v) is 3.87. The fourth-order valence-electron chi connectivity index (χ4n) is 2.73. The van der Waals surface area contributed by atoms with Crippen LogP contribution in [0.5, 0.6) is 0 Å². The number of rotatable bonds is 3. The molecule has 0 saturated carbocycles. The average Bonchev–Trinajstić information content (AvgIpc) is 2.91. The van der Waals surface area contributed by atoms with E-state index in [0.29, 0.717) is 17.7 Å². The van der Waals surface area contributed by atoms with E-state index in [9.17, 15) is 13.6 Å². The molecular formula is C17H15F2NO2. The molecule has 2 aromatic rings. The maximum absolute atomic E-state index is 13.8. The van der Waals surface area contributed by atoms with E-state index in [1.54, 1.807) is 6.07 Å². The van der Waals surface area contributed by atoms with Crippen LogP contribution in [0.1, 0.15) is 21.5 Å². The second-order valence-corrected chi connectivity index (χ2v) is 5.24. The maximum atomic E-state index is 13.8. The number of nitrogens with zero attached hydrogens (tertiary/aromatic N) is 1. The molecule has 0 amide bonds. The van der Waals surface area contributed by atoms with Gasteiger partial charge in [-0.05, 0) is 36.2 Å². The largest absolute Gasteiger partial charge is 0.465 e. The van der Waals surface area contributed by atoms with Crippen LogP contribution in [0.4, 0.5) is 14.5 Å². The van der Waals surface area contributed by atoms with Gasteiger partial charge in [-0.3, -0.25) is 0 Å². The van der Waals surface area contributed by atoms with Crippen molar-refractivity contribution in [2.45, 2.75) is 13.0 Å². The van der Waals surface area contributed by atoms with Gasteiger partial charge < -0.3 is 9.64 Å². The van der Waals surface area contributed by atoms with Crippen LogP contribution in [0.25, 0.3) is 0 Å². The zero-order chi connectivity index (χ0) is 15.7. The Bertz CT molecular complexity index is 731. The van der Waals surface area contributed by atoms with Crippen LogP contribution in [-0.4, -0.2) is 19.6 Å². The Hall–Kier alpha value is -2.43. The number of hydrogen-bond donors (Lipinski definition) is 0. The summed E-state index contributed by atoms with van der Waals surface area (Å²) in [7, 11) is 1.35. The number of hydrogen-bond acceptors (Lipinski definition) is 3. The Balaban J connectivity index is 1.84. The molecule has 2 aromatic carbocycles. The van der Waals surface area contributed by atoms with E-state index in [1.807, 2.05) is 17.0 Å². The molecule has 22 heavy (non-hydrogen) atoms. The molecule has 0 saturated heterocycles. The third-order valence-electron chi connectivity index (χ3n) is 3.87. The van der Waals surface area contributed by atoms with E-state index in [1.165, 1.54) is 19.2 Å². The van der Waals surface area contributed by atoms with Crippen LogP contribution in [0.15, 0.2) is 36.4 Å². The maximum Gasteiger partial charge on any atom is 0.337 e. The first-order valence-corrected chi connectivity index (χ1v) is 6.98. The van der Waals surface area contributed by atoms with Crippen molar-refractivity contribution in [1.29, 1.82) is 0 Å². The van der Waals surface area contributed by atoms with Gasteiger partial charge in [-0.2, -0.15) is 0 Å². The van der Waals surface area contributed by atoms with Crippen LogP contribution in [-0.2, 0) is 17.7 Å². The summed E-state index contributed by atoms with van der Waals surface area (Å²) < 4.78 is 31.4. The smallest absolute Gasteiger partial charge is 0.337 e. The molecule has 0 fully saturated rings. The molecule has 0 aliphatic carbocycles. The minimum absolute atomic E-state index is 0.370. The standard InChI is InChI=1S/C17H15F2NO2/c1-22-17(21)12-3-5-16-11(8-12)6-7-20(16)10-13-2-4-14(18)9-15(13)19/h2-5,8-9H,6-7,10H2,1H3. The number of carbonyl (C=O) groups is 1. The van der Waals surface area contributed by atoms with Gasteiger partial charge in [0.25, 0.3) is 0 Å². The molecule has 0 bridgehead atoms. The van der Waals surface area contributed by atoms with Crippen molar-refractivity contribution in [3.8, 4) is 0 Å². The average molecular weight is 303 g/mol. The molecule has 0 aromatic heterocycles. The lowest BCUT2D eigenvalue weighted by Crippen LogP contribution is -2.20. The van der Waals surface area contributed by atoms with Crippen LogP contribution in [0.3, 0.4) is 0 Å². The summed E-state index contributed by atoms with van der Waals surface area (Å²) in [6, 6.07) is 8.97. The zero-order valence-corrected chi connectivity index (χ0v) is 12.1. The minimum Gasteiger partial charge on any atom is -0.465 e. The number of ether oxygens (including phenoxy) is 1. The zero-order valence-electron chi connectivity index (χ0n) is 12.1. The number of carbonyl (C=O) groups excluding carboxylic acids is 1. The summed E-state index contributed by atoms with van der Waals surface area (Å²) in [5.41, 5.74) is 2.96. The number of esters is 1. The fraction of sp³-hybridized carbons (Fsp3) is 0.235. The Labute approximate surface area is 127 Å². The molecule has 1 heterocycles. The molecule has 1 aliphatic rings. The van der Waals surface area contributed by atoms with Crippen molar-refractivity contribution in [1.82, 2.24) is 0 Å². The Kier molecular flexibility index (Phi) is 3.79. The lowest BCUT2D eigenvalue weighted by atomic mass is 10.1. The highest BCUT2D eigenvalue weighted by molar-refractivity contribution is 5.90. The number of methoxy groups -OCH3 is 1. The lowest BCUT2D eigenvalue weighted by Gasteiger charge is -2.20. The molecule has 0 N–H and O–H groups in total. The van der Waals surface area contributed by atoms with Crippen LogP contribution in [0, 0.1) is 11.6 Å². The molecule has 1 aliphatic heterocycles. The van der Waals surface area contributed by atoms with E-state index in [4.69, 9.17) is 4.74 Å². The molecule has 0 radical (unpaired) electrons. The quantitative estimate of drug-likeness (QED) is 0.815. The molecule has 0 unspecified atom stereocenters. The van der Waals surface area contributed by atoms with Gasteiger partial charge in [0.2, 0.25) is 0 Å². The third kappa shape index (κ3) is 2.66. The Morgan fingerprint density at radius 1 is 1.23 bits per heavy atom. The van der Waals surface area contributed by atoms with Crippen molar-refractivity contribution in [2.75, 3.05) is 18.6 Å². The summed E-state index contributed by atoms with van der Waals surface area (Å²) in [6.07, 6.45) is 0.781. The highest BCUT2D eigenvalue weighted by Crippen LogP contribution is 2.30. The first-order chi connectivity index (χ1) is 10.6. The normalized spacial score (nSPS) is 13.1. The SMILES string of the molecule is COC(=O)c1ccc2c(c1)CCN2Cc1ccc(F)cc1F. The van der Waals surface area contributed by atoms with Gasteiger partial charge in [0.1, 0.15) is 11.6 Å². The second-order valence-electron chi connectivity index (χ2n) is 5.24. The van der Waals surface area contributed by atoms with Crippen molar-refractivity contribution >= 4 is 11.7 Å². The van der Waals surface area contributed by atoms with Crippen molar-refractivity contribution in [3.05, 3.63) is 64.7 Å². The van der Waals surface area contributed by atoms with E-state index in [2.05, 4.69) is 0 Å². The lowest BCUT2D eigenvalue weighted by molar-refractivity contribution is 0.0600. The molecule has 5 heteroatoms. The van der Waals surface area contributed by atoms with Gasteiger partial charge in [0.15, 0.2) is 0 Å². The highest BCUT2D eigenvalue weighted by Gasteiger charge is 2.21. The van der Waals surface area contributed by atoms with Gasteiger partial charge in [0, 0.05) is 30.4 Å². The van der Waals surface area contributed by atoms with Gasteiger partial charge in [-0.1, -0.05) is 6.07 Å². The fourth-order valence-corrected chi connectivity index (χ4v) is 2.73. The Morgan fingerprint density at radius 2 is 2.05 bits per heavy atom. The van der Waals surface area contributed by atoms with Crippen molar-refractivity contribution in [2.24, 2.45) is 0 Å². The first-order valence-electron chi connectivity index (χ1n) is 6.98. The monoisotopic (exact) mass is 303 g/mol. The van der Waals surface area contributed by atoms with Gasteiger partial charge in [-0.15, -0.1) is 0 Å². The summed E-state index contributed by atoms with van der Waals surface area (Å²) in [5.74, 6) is -1.49. The summed E-state index contributed by atoms with van der Waals surface area (Å²) in [6.45, 7) is 1.10. The minimum atomic E-state index is -0.578. The van der Waals surface area contributed by atoms with E-state index >= 15 is 0 Å². The summed E-state index contributed by atoms with van der Waals surface area (Å²) in [4.78, 5) is 13.6. The van der Waals surface area contributed by atoms with E-state index in [-0.39, 0.29) is 5.97 Å². The van der Waals surface area contributed by atoms with Crippen LogP contribution >= 0.6 is 0 Å². The predicted molar refractivity (Wildman–Crippen MR) is 78.9 cm³/mol. The van der Waals surface area contributed by atoms with Gasteiger partial charge in [-0.25, -0.2) is 13.6 Å². The van der Waals surface area contributed by atoms with Crippen LogP contribution in [0.2, 0.25) is 0 Å². The number of benzene rings is 2. The van der Waals surface area contributed by atoms with E-state index in [0.717, 1.165) is 30.3 Å². The van der Waals surface area contributed by atoms with Crippen LogP contribution < -0.4 is 4.90 Å². The molecule has 3 rings (SSSR count). The molecule has 3 nitrogen and oxygen atoms in total. The van der Waals surface area contributed by atoms with E-state index < -0.39 is 11.6 Å². The van der Waals surface area contributed by atoms with Gasteiger partial charge >= 0.3 is 5.97 Å². The van der Waals surface area contributed by atoms with Crippen molar-refractivity contribution < 1.29 is 18.3 Å². The van der Waals surface area contributed by atoms with Gasteiger partial charge in [0.05, 0.1) is 12.7 Å². The molecule has 0 atom stereocenters. The predicted octanol–water partition coefficient (Wildman–Crippen LogP) is 3.31. The second kappa shape index (κ2) is 5.75. The first kappa shape index (κ1) is 14.5. The molecular weight excluding hydrogens is 288 g/mol. The number of fused-ring (bicyclic) bond motifs is 1.